The number of nitrogens with two attached hydrogens (primary N) is 2. The van der Waals surface area contributed by atoms with E-state index >= 15 is 0 Å². The second-order valence-corrected chi connectivity index (χ2v) is 13.1. The molecule has 2 heterocycles. The van der Waals surface area contributed by atoms with E-state index in [-0.39, 0.29) is 70.5 Å². The number of guanidine groups is 1. The zero-order valence-corrected chi connectivity index (χ0v) is 29.9. The Kier molecular flexibility index (Phi) is 17.0. The average Bonchev–Trinajstić information content (AvgIpc) is 3.44. The van der Waals surface area contributed by atoms with E-state index in [1.54, 1.807) is 30.3 Å². The molecule has 2 unspecified atom stereocenters. The number of carbonyl (C=O) groups excluding carboxylic acids is 8. The van der Waals surface area contributed by atoms with Gasteiger partial charge in [-0.2, -0.15) is 0 Å². The van der Waals surface area contributed by atoms with Crippen molar-refractivity contribution in [2.75, 3.05) is 19.6 Å². The molecular formula is C36H48N8O10. The predicted octanol–water partition coefficient (Wildman–Crippen LogP) is -1.25. The van der Waals surface area contributed by atoms with Crippen molar-refractivity contribution in [2.45, 2.75) is 88.8 Å². The third kappa shape index (κ3) is 14.6. The molecule has 0 aliphatic carbocycles. The Labute approximate surface area is 311 Å². The highest BCUT2D eigenvalue weighted by atomic mass is 16.4. The number of unbranched alkanes of at least 4 members (excludes halogenated alkanes) is 1. The number of nitrogens with one attached hydrogen (secondary N) is 4. The molecule has 1 saturated heterocycles. The van der Waals surface area contributed by atoms with Crippen LogP contribution < -0.4 is 32.7 Å². The zero-order chi connectivity index (χ0) is 39.6. The maximum absolute atomic E-state index is 13.9. The molecule has 18 heteroatoms. The lowest BCUT2D eigenvalue weighted by Gasteiger charge is -2.25. The summed E-state index contributed by atoms with van der Waals surface area (Å²) >= 11 is 0. The van der Waals surface area contributed by atoms with Gasteiger partial charge < -0.3 is 37.8 Å². The predicted molar refractivity (Wildman–Crippen MR) is 193 cm³/mol. The molecule has 6 amide bonds. The van der Waals surface area contributed by atoms with Gasteiger partial charge in [-0.3, -0.25) is 53.0 Å². The van der Waals surface area contributed by atoms with Gasteiger partial charge in [0.05, 0.1) is 12.5 Å². The number of Topliss-reactive ketones (excluding diaryl/α,β-unsaturated/α-hetero) is 2. The largest absolute Gasteiger partial charge is 0.481 e. The number of benzene rings is 1. The Morgan fingerprint density at radius 3 is 2.15 bits per heavy atom. The minimum absolute atomic E-state index is 0.0321. The summed E-state index contributed by atoms with van der Waals surface area (Å²) in [6.45, 7) is 0.297. The maximum Gasteiger partial charge on any atom is 0.305 e. The molecule has 2 aliphatic heterocycles. The molecule has 292 valence electrons. The highest BCUT2D eigenvalue weighted by Crippen LogP contribution is 2.20. The zero-order valence-electron chi connectivity index (χ0n) is 29.9. The summed E-state index contributed by atoms with van der Waals surface area (Å²) in [4.78, 5) is 120. The van der Waals surface area contributed by atoms with Crippen LogP contribution in [0.2, 0.25) is 0 Å². The van der Waals surface area contributed by atoms with E-state index in [2.05, 4.69) is 26.3 Å². The number of carboxylic acid groups (broad SMARTS) is 1. The third-order valence-electron chi connectivity index (χ3n) is 8.86. The first-order chi connectivity index (χ1) is 25.7. The van der Waals surface area contributed by atoms with Crippen LogP contribution in [0.25, 0.3) is 0 Å². The second kappa shape index (κ2) is 21.6. The van der Waals surface area contributed by atoms with Crippen LogP contribution in [-0.2, 0) is 49.6 Å². The van der Waals surface area contributed by atoms with Crippen LogP contribution in [0, 0.1) is 5.92 Å². The van der Waals surface area contributed by atoms with Gasteiger partial charge in [0.15, 0.2) is 11.7 Å². The molecule has 1 aromatic rings. The highest BCUT2D eigenvalue weighted by Gasteiger charge is 2.33. The topological polar surface area (TPSA) is 290 Å². The molecular weight excluding hydrogens is 704 g/mol. The number of hydrogen-bond acceptors (Lipinski definition) is 10. The number of rotatable bonds is 16. The number of aliphatic imine (C=N–C) groups is 1. The average molecular weight is 753 g/mol. The number of amides is 6. The third-order valence-corrected chi connectivity index (χ3v) is 8.86. The molecule has 0 spiro atoms. The van der Waals surface area contributed by atoms with E-state index in [9.17, 15) is 48.3 Å². The maximum atomic E-state index is 13.9. The number of carbonyl (C=O) groups is 9. The van der Waals surface area contributed by atoms with Gasteiger partial charge in [-0.25, -0.2) is 0 Å². The van der Waals surface area contributed by atoms with Crippen molar-refractivity contribution in [3.63, 3.8) is 0 Å². The van der Waals surface area contributed by atoms with E-state index in [0.29, 0.717) is 24.8 Å². The Balaban J connectivity index is 1.80. The SMILES string of the molecule is NC(N)=NCCC[C@@H]1CC(=O)C(CCCCNC(=O)CCN2C(=O)C=CC2=O)NC(=O)C(Cc2ccccc2)NC(=O)[C@@H](CC(=O)O)NC(=O)CCC1=O. The number of carboxylic acids is 1. The van der Waals surface area contributed by atoms with Crippen molar-refractivity contribution in [1.82, 2.24) is 26.2 Å². The lowest BCUT2D eigenvalue weighted by atomic mass is 9.87. The van der Waals surface area contributed by atoms with E-state index in [1.165, 1.54) is 0 Å². The number of hydrogen-bond donors (Lipinski definition) is 7. The summed E-state index contributed by atoms with van der Waals surface area (Å²) in [5.74, 6) is -7.08. The standard InChI is InChI=1S/C36H48N8O10/c37-36(38)40-17-6-9-23-20-28(46)24(10-4-5-16-39-29(47)15-18-44-31(49)13-14-32(44)50)42-34(53)25(19-22-7-2-1-3-8-22)43-35(54)26(21-33(51)52)41-30(48)12-11-27(23)45/h1-3,7-8,13-14,23-26H,4-6,9-12,15-21H2,(H,39,47)(H,41,48)(H,42,53)(H,43,54)(H,51,52)(H4,37,38,40)/t23-,24?,25?,26-/m1/s1. The monoisotopic (exact) mass is 752 g/mol. The van der Waals surface area contributed by atoms with Crippen molar-refractivity contribution < 1.29 is 48.3 Å². The number of nitrogens with zero attached hydrogens (tertiary/aromatic N) is 2. The molecule has 0 bridgehead atoms. The van der Waals surface area contributed by atoms with Gasteiger partial charge in [-0.1, -0.05) is 30.3 Å². The molecule has 54 heavy (non-hydrogen) atoms. The molecule has 18 nitrogen and oxygen atoms in total. The summed E-state index contributed by atoms with van der Waals surface area (Å²) in [6, 6.07) is 4.70. The number of ketones is 2. The van der Waals surface area contributed by atoms with Crippen LogP contribution in [0.5, 0.6) is 0 Å². The van der Waals surface area contributed by atoms with Gasteiger partial charge in [0, 0.05) is 69.8 Å². The molecule has 1 fully saturated rings. The quantitative estimate of drug-likeness (QED) is 0.0451. The van der Waals surface area contributed by atoms with Gasteiger partial charge >= 0.3 is 5.97 Å². The molecule has 3 rings (SSSR count). The summed E-state index contributed by atoms with van der Waals surface area (Å²) in [7, 11) is 0. The highest BCUT2D eigenvalue weighted by molar-refractivity contribution is 6.13. The van der Waals surface area contributed by atoms with Crippen LogP contribution in [-0.4, -0.2) is 107 Å². The number of imide groups is 1. The molecule has 1 aromatic carbocycles. The van der Waals surface area contributed by atoms with Crippen molar-refractivity contribution in [3.05, 3.63) is 48.0 Å². The van der Waals surface area contributed by atoms with Crippen molar-refractivity contribution in [1.29, 1.82) is 0 Å². The molecule has 0 saturated carbocycles. The van der Waals surface area contributed by atoms with Gasteiger partial charge in [0.1, 0.15) is 17.9 Å². The van der Waals surface area contributed by atoms with E-state index in [0.717, 1.165) is 17.1 Å². The Morgan fingerprint density at radius 1 is 0.815 bits per heavy atom. The van der Waals surface area contributed by atoms with E-state index in [1.807, 2.05) is 0 Å². The molecule has 2 aliphatic rings. The lowest BCUT2D eigenvalue weighted by molar-refractivity contribution is -0.141. The summed E-state index contributed by atoms with van der Waals surface area (Å²) < 4.78 is 0. The van der Waals surface area contributed by atoms with Crippen LogP contribution in [0.4, 0.5) is 0 Å². The summed E-state index contributed by atoms with van der Waals surface area (Å²) in [5.41, 5.74) is 11.5. The molecule has 4 atom stereocenters. The Morgan fingerprint density at radius 2 is 1.48 bits per heavy atom. The Hall–Kier alpha value is -5.94. The fourth-order valence-corrected chi connectivity index (χ4v) is 5.97. The normalized spacial score (nSPS) is 21.4. The van der Waals surface area contributed by atoms with Gasteiger partial charge in [0.2, 0.25) is 23.6 Å². The minimum Gasteiger partial charge on any atom is -0.481 e. The summed E-state index contributed by atoms with van der Waals surface area (Å²) in [6.07, 6.45) is 1.74. The van der Waals surface area contributed by atoms with Crippen LogP contribution in [0.1, 0.15) is 69.8 Å². The smallest absolute Gasteiger partial charge is 0.305 e. The van der Waals surface area contributed by atoms with Gasteiger partial charge in [-0.15, -0.1) is 0 Å². The fraction of sp³-hybridized carbons (Fsp3) is 0.500. The number of aliphatic carboxylic acids is 1. The van der Waals surface area contributed by atoms with Crippen LogP contribution in [0.15, 0.2) is 47.5 Å². The summed E-state index contributed by atoms with van der Waals surface area (Å²) in [5, 5.41) is 19.8. The van der Waals surface area contributed by atoms with Crippen LogP contribution in [0.3, 0.4) is 0 Å². The van der Waals surface area contributed by atoms with Gasteiger partial charge in [-0.05, 0) is 37.7 Å². The first kappa shape index (κ1) is 42.5. The first-order valence-electron chi connectivity index (χ1n) is 17.8. The van der Waals surface area contributed by atoms with Crippen molar-refractivity contribution in [3.8, 4) is 0 Å². The van der Waals surface area contributed by atoms with Crippen molar-refractivity contribution in [2.24, 2.45) is 22.4 Å². The molecule has 0 radical (unpaired) electrons. The molecule has 0 aromatic heterocycles. The van der Waals surface area contributed by atoms with E-state index < -0.39 is 83.4 Å². The fourth-order valence-electron chi connectivity index (χ4n) is 5.97. The van der Waals surface area contributed by atoms with Crippen molar-refractivity contribution >= 4 is 58.9 Å². The van der Waals surface area contributed by atoms with Crippen LogP contribution >= 0.6 is 0 Å². The van der Waals surface area contributed by atoms with Gasteiger partial charge in [0.25, 0.3) is 11.8 Å². The first-order valence-corrected chi connectivity index (χ1v) is 17.8. The molecule has 9 N–H and O–H groups in total. The Bertz CT molecular complexity index is 1610. The van der Waals surface area contributed by atoms with E-state index in [4.69, 9.17) is 11.5 Å². The minimum atomic E-state index is -1.56. The second-order valence-electron chi connectivity index (χ2n) is 13.1. The lowest BCUT2D eigenvalue weighted by Crippen LogP contribution is -2.56.